The van der Waals surface area contributed by atoms with Crippen molar-refractivity contribution in [3.05, 3.63) is 52.6 Å². The zero-order valence-corrected chi connectivity index (χ0v) is 12.0. The molecule has 1 aromatic heterocycles. The van der Waals surface area contributed by atoms with E-state index in [9.17, 15) is 9.59 Å². The number of hydrogen-bond acceptors (Lipinski definition) is 5. The maximum atomic E-state index is 11.6. The molecule has 1 aromatic carbocycles. The maximum absolute atomic E-state index is 11.6. The molecule has 0 fully saturated rings. The van der Waals surface area contributed by atoms with Gasteiger partial charge in [0.25, 0.3) is 0 Å². The lowest BCUT2D eigenvalue weighted by molar-refractivity contribution is 0.0656. The average molecular weight is 307 g/mol. The number of ether oxygens (including phenoxy) is 1. The molecule has 2 rings (SSSR count). The van der Waals surface area contributed by atoms with Crippen molar-refractivity contribution in [1.29, 1.82) is 0 Å². The normalized spacial score (nSPS) is 8.86. The summed E-state index contributed by atoms with van der Waals surface area (Å²) in [4.78, 5) is 22.4. The molecule has 0 unspecified atom stereocenters. The second-order valence-corrected chi connectivity index (χ2v) is 3.64. The van der Waals surface area contributed by atoms with Gasteiger partial charge in [-0.3, -0.25) is 0 Å². The largest absolute Gasteiger partial charge is 0.488 e. The second-order valence-electron chi connectivity index (χ2n) is 3.64. The predicted octanol–water partition coefficient (Wildman–Crippen LogP) is 3.75. The Balaban J connectivity index is 0.00000141. The molecular weight excluding hydrogens is 286 g/mol. The molecule has 6 heteroatoms. The third kappa shape index (κ3) is 4.66. The van der Waals surface area contributed by atoms with Crippen molar-refractivity contribution in [2.24, 2.45) is 0 Å². The van der Waals surface area contributed by atoms with Crippen LogP contribution in [0.2, 0.25) is 0 Å². The van der Waals surface area contributed by atoms with Crippen molar-refractivity contribution in [1.82, 2.24) is 0 Å². The first-order valence-electron chi connectivity index (χ1n) is 6.39. The zero-order valence-electron chi connectivity index (χ0n) is 12.0. The summed E-state index contributed by atoms with van der Waals surface area (Å²) >= 11 is 0. The molecule has 2 N–H and O–H groups in total. The summed E-state index contributed by atoms with van der Waals surface area (Å²) in [5, 5.41) is 11.8. The predicted molar refractivity (Wildman–Crippen MR) is 86.3 cm³/mol. The van der Waals surface area contributed by atoms with Crippen molar-refractivity contribution in [3.63, 3.8) is 0 Å². The molecule has 0 aliphatic carbocycles. The number of methoxy groups -OCH3 is 1. The quantitative estimate of drug-likeness (QED) is 0.894. The van der Waals surface area contributed by atoms with E-state index in [1.165, 1.54) is 13.2 Å². The lowest BCUT2D eigenvalue weighted by Gasteiger charge is -2.10. The number of aromatic carboxylic acids is 1. The van der Waals surface area contributed by atoms with E-state index in [1.54, 1.807) is 24.3 Å². The second kappa shape index (κ2) is 9.23. The molecule has 0 amide bonds. The molecular formula is C16H21NO5. The number of carboxylic acid groups (broad SMARTS) is 1. The fraction of sp³-hybridized carbons (Fsp3) is 0.250. The van der Waals surface area contributed by atoms with Gasteiger partial charge in [-0.15, -0.1) is 0 Å². The minimum atomic E-state index is -1.32. The van der Waals surface area contributed by atoms with E-state index in [0.29, 0.717) is 5.69 Å². The molecule has 0 aliphatic heterocycles. The van der Waals surface area contributed by atoms with Crippen LogP contribution in [0.5, 0.6) is 5.75 Å². The lowest BCUT2D eigenvalue weighted by atomic mass is 10.2. The van der Waals surface area contributed by atoms with Crippen LogP contribution in [-0.4, -0.2) is 18.2 Å². The Morgan fingerprint density at radius 3 is 2.32 bits per heavy atom. The number of hydrogen-bond donors (Lipinski definition) is 2. The van der Waals surface area contributed by atoms with Gasteiger partial charge in [-0.1, -0.05) is 39.5 Å². The maximum Gasteiger partial charge on any atom is 0.381 e. The Hall–Kier alpha value is -2.76. The van der Waals surface area contributed by atoms with Crippen LogP contribution in [0.15, 0.2) is 45.6 Å². The first kappa shape index (κ1) is 19.2. The number of carboxylic acids is 1. The van der Waals surface area contributed by atoms with Gasteiger partial charge < -0.3 is 19.6 Å². The van der Waals surface area contributed by atoms with Crippen LogP contribution in [0.1, 0.15) is 31.8 Å². The van der Waals surface area contributed by atoms with Gasteiger partial charge in [0.15, 0.2) is 0 Å². The Labute approximate surface area is 129 Å². The highest BCUT2D eigenvalue weighted by atomic mass is 16.5. The van der Waals surface area contributed by atoms with E-state index in [2.05, 4.69) is 9.73 Å². The van der Waals surface area contributed by atoms with Crippen LogP contribution < -0.4 is 15.7 Å². The SMILES string of the molecule is C.CC.COc1c(Nc2ccccc2)cc(C(=O)O)oc1=O. The van der Waals surface area contributed by atoms with Crippen LogP contribution in [0.4, 0.5) is 11.4 Å². The lowest BCUT2D eigenvalue weighted by Crippen LogP contribution is -2.11. The number of carbonyl (C=O) groups is 1. The molecule has 6 nitrogen and oxygen atoms in total. The number of benzene rings is 1. The standard InChI is InChI=1S/C13H11NO5.C2H6.CH4/c1-18-11-9(14-8-5-3-2-4-6-8)7-10(12(15)16)19-13(11)17;1-2;/h2-7,14H,1H3,(H,15,16);1-2H3;1H4. The van der Waals surface area contributed by atoms with E-state index in [-0.39, 0.29) is 18.9 Å². The summed E-state index contributed by atoms with van der Waals surface area (Å²) in [5.74, 6) is -1.85. The zero-order chi connectivity index (χ0) is 15.8. The minimum absolute atomic E-state index is 0. The summed E-state index contributed by atoms with van der Waals surface area (Å²) < 4.78 is 9.54. The van der Waals surface area contributed by atoms with Crippen LogP contribution >= 0.6 is 0 Å². The summed E-state index contributed by atoms with van der Waals surface area (Å²) in [7, 11) is 1.31. The Bertz CT molecular complexity index is 649. The first-order chi connectivity index (χ1) is 10.1. The van der Waals surface area contributed by atoms with Crippen LogP contribution in [0, 0.1) is 0 Å². The van der Waals surface area contributed by atoms with Crippen LogP contribution in [0.25, 0.3) is 0 Å². The van der Waals surface area contributed by atoms with Gasteiger partial charge >= 0.3 is 11.6 Å². The topological polar surface area (TPSA) is 88.8 Å². The van der Waals surface area contributed by atoms with Crippen molar-refractivity contribution in [3.8, 4) is 5.75 Å². The van der Waals surface area contributed by atoms with Gasteiger partial charge in [-0.2, -0.15) is 0 Å². The first-order valence-corrected chi connectivity index (χ1v) is 6.39. The molecule has 0 radical (unpaired) electrons. The Morgan fingerprint density at radius 1 is 1.23 bits per heavy atom. The highest BCUT2D eigenvalue weighted by Gasteiger charge is 2.16. The average Bonchev–Trinajstić information content (AvgIpc) is 2.50. The van der Waals surface area contributed by atoms with Crippen LogP contribution in [0.3, 0.4) is 0 Å². The summed E-state index contributed by atoms with van der Waals surface area (Å²) in [6.45, 7) is 4.00. The van der Waals surface area contributed by atoms with E-state index in [0.717, 1.165) is 0 Å². The fourth-order valence-corrected chi connectivity index (χ4v) is 1.55. The number of para-hydroxylation sites is 1. The molecule has 0 saturated heterocycles. The highest BCUT2D eigenvalue weighted by molar-refractivity contribution is 5.86. The molecule has 0 atom stereocenters. The summed E-state index contributed by atoms with van der Waals surface area (Å²) in [6.07, 6.45) is 0. The van der Waals surface area contributed by atoms with E-state index >= 15 is 0 Å². The number of anilines is 2. The van der Waals surface area contributed by atoms with Gasteiger partial charge in [-0.05, 0) is 12.1 Å². The van der Waals surface area contributed by atoms with E-state index < -0.39 is 17.4 Å². The Morgan fingerprint density at radius 2 is 1.82 bits per heavy atom. The van der Waals surface area contributed by atoms with Crippen molar-refractivity contribution in [2.75, 3.05) is 12.4 Å². The van der Waals surface area contributed by atoms with Crippen molar-refractivity contribution >= 4 is 17.3 Å². The van der Waals surface area contributed by atoms with E-state index in [1.807, 2.05) is 19.9 Å². The van der Waals surface area contributed by atoms with Gasteiger partial charge in [0, 0.05) is 11.8 Å². The molecule has 0 aliphatic rings. The van der Waals surface area contributed by atoms with Gasteiger partial charge in [0.05, 0.1) is 12.8 Å². The van der Waals surface area contributed by atoms with Crippen molar-refractivity contribution < 1.29 is 19.1 Å². The Kier molecular flexibility index (Phi) is 8.07. The number of rotatable bonds is 4. The van der Waals surface area contributed by atoms with Crippen LogP contribution in [-0.2, 0) is 0 Å². The van der Waals surface area contributed by atoms with E-state index in [4.69, 9.17) is 9.84 Å². The molecule has 120 valence electrons. The molecule has 1 heterocycles. The minimum Gasteiger partial charge on any atom is -0.488 e. The van der Waals surface area contributed by atoms with Gasteiger partial charge in [0.2, 0.25) is 11.5 Å². The van der Waals surface area contributed by atoms with Gasteiger partial charge in [0.1, 0.15) is 0 Å². The monoisotopic (exact) mass is 307 g/mol. The smallest absolute Gasteiger partial charge is 0.381 e. The summed E-state index contributed by atoms with van der Waals surface area (Å²) in [6, 6.07) is 10.2. The third-order valence-electron chi connectivity index (χ3n) is 2.38. The fourth-order valence-electron chi connectivity index (χ4n) is 1.55. The number of nitrogens with one attached hydrogen (secondary N) is 1. The molecule has 0 spiro atoms. The molecule has 2 aromatic rings. The highest BCUT2D eigenvalue weighted by Crippen LogP contribution is 2.25. The van der Waals surface area contributed by atoms with Crippen molar-refractivity contribution in [2.45, 2.75) is 21.3 Å². The summed E-state index contributed by atoms with van der Waals surface area (Å²) in [5.41, 5.74) is 0.0888. The molecule has 22 heavy (non-hydrogen) atoms. The third-order valence-corrected chi connectivity index (χ3v) is 2.38. The molecule has 0 saturated carbocycles. The van der Waals surface area contributed by atoms with Gasteiger partial charge in [-0.25, -0.2) is 9.59 Å². The molecule has 0 bridgehead atoms.